The van der Waals surface area contributed by atoms with Gasteiger partial charge < -0.3 is 20.1 Å². The fourth-order valence-corrected chi connectivity index (χ4v) is 2.82. The Hall–Kier alpha value is -3.16. The Morgan fingerprint density at radius 3 is 2.46 bits per heavy atom. The number of nitrogens with zero attached hydrogens (tertiary/aromatic N) is 1. The summed E-state index contributed by atoms with van der Waals surface area (Å²) in [5.41, 5.74) is -1.20. The monoisotopic (exact) mass is 401 g/mol. The second-order valence-electron chi connectivity index (χ2n) is 6.22. The number of aliphatic carboxylic acids is 2. The van der Waals surface area contributed by atoms with Crippen molar-refractivity contribution < 1.29 is 29.6 Å². The lowest BCUT2D eigenvalue weighted by molar-refractivity contribution is -0.175. The number of benzene rings is 2. The van der Waals surface area contributed by atoms with E-state index in [0.717, 1.165) is 10.9 Å². The molecule has 1 heterocycles. The van der Waals surface area contributed by atoms with Crippen LogP contribution in [0.2, 0.25) is 5.02 Å². The van der Waals surface area contributed by atoms with Crippen LogP contribution in [0.5, 0.6) is 5.75 Å². The topological polar surface area (TPSA) is 117 Å². The standard InChI is InChI=1S/C20H16ClNO6/c21-14-6-4-13-5-7-15(22-17(13)9-14)11-28-16-3-1-2-12(8-16)10-20(27,18(23)24)19(25)26/h1-9,27H,10-11H2,(H,23,24)(H,25,26). The minimum Gasteiger partial charge on any atom is -0.487 e. The lowest BCUT2D eigenvalue weighted by Gasteiger charge is -2.18. The predicted octanol–water partition coefficient (Wildman–Crippen LogP) is 2.91. The van der Waals surface area contributed by atoms with E-state index in [1.165, 1.54) is 12.1 Å². The van der Waals surface area contributed by atoms with E-state index in [1.54, 1.807) is 24.3 Å². The van der Waals surface area contributed by atoms with Crippen LogP contribution in [0.4, 0.5) is 0 Å². The van der Waals surface area contributed by atoms with Gasteiger partial charge in [0.25, 0.3) is 5.60 Å². The minimum atomic E-state index is -2.90. The van der Waals surface area contributed by atoms with Gasteiger partial charge in [-0.05, 0) is 35.9 Å². The van der Waals surface area contributed by atoms with Gasteiger partial charge in [-0.3, -0.25) is 0 Å². The first-order valence-corrected chi connectivity index (χ1v) is 8.62. The number of carboxylic acids is 2. The highest BCUT2D eigenvalue weighted by atomic mass is 35.5. The summed E-state index contributed by atoms with van der Waals surface area (Å²) in [6.07, 6.45) is -0.596. The molecule has 0 unspecified atom stereocenters. The molecule has 3 rings (SSSR count). The summed E-state index contributed by atoms with van der Waals surface area (Å²) in [4.78, 5) is 26.7. The van der Waals surface area contributed by atoms with Crippen molar-refractivity contribution in [1.29, 1.82) is 0 Å². The molecule has 7 nitrogen and oxygen atoms in total. The smallest absolute Gasteiger partial charge is 0.347 e. The molecule has 28 heavy (non-hydrogen) atoms. The molecule has 0 saturated carbocycles. The van der Waals surface area contributed by atoms with E-state index in [9.17, 15) is 14.7 Å². The molecule has 0 spiro atoms. The molecular weight excluding hydrogens is 386 g/mol. The zero-order valence-electron chi connectivity index (χ0n) is 14.5. The first-order chi connectivity index (χ1) is 13.3. The van der Waals surface area contributed by atoms with Gasteiger partial charge in [-0.25, -0.2) is 14.6 Å². The number of fused-ring (bicyclic) bond motifs is 1. The van der Waals surface area contributed by atoms with Gasteiger partial charge in [0.2, 0.25) is 0 Å². The molecule has 0 bridgehead atoms. The maximum absolute atomic E-state index is 11.1. The van der Waals surface area contributed by atoms with E-state index in [0.29, 0.717) is 22.0 Å². The highest BCUT2D eigenvalue weighted by Crippen LogP contribution is 2.21. The third-order valence-electron chi connectivity index (χ3n) is 4.16. The second kappa shape index (κ2) is 7.84. The molecule has 3 aromatic rings. The van der Waals surface area contributed by atoms with Crippen LogP contribution in [0.25, 0.3) is 10.9 Å². The van der Waals surface area contributed by atoms with Crippen molar-refractivity contribution in [3.8, 4) is 5.75 Å². The van der Waals surface area contributed by atoms with Crippen LogP contribution in [0.15, 0.2) is 54.6 Å². The summed E-state index contributed by atoms with van der Waals surface area (Å²) in [6, 6.07) is 15.3. The van der Waals surface area contributed by atoms with E-state index in [4.69, 9.17) is 26.6 Å². The normalized spacial score (nSPS) is 11.4. The van der Waals surface area contributed by atoms with Crippen LogP contribution in [0, 0.1) is 0 Å². The van der Waals surface area contributed by atoms with Crippen molar-refractivity contribution in [2.75, 3.05) is 0 Å². The van der Waals surface area contributed by atoms with Gasteiger partial charge in [0, 0.05) is 16.8 Å². The number of ether oxygens (including phenoxy) is 1. The number of aliphatic hydroxyl groups is 1. The van der Waals surface area contributed by atoms with Crippen LogP contribution in [-0.4, -0.2) is 37.8 Å². The fourth-order valence-electron chi connectivity index (χ4n) is 2.65. The van der Waals surface area contributed by atoms with Crippen molar-refractivity contribution in [1.82, 2.24) is 4.98 Å². The lowest BCUT2D eigenvalue weighted by atomic mass is 9.94. The molecule has 0 amide bonds. The number of pyridine rings is 1. The molecule has 0 aliphatic carbocycles. The number of halogens is 1. The summed E-state index contributed by atoms with van der Waals surface area (Å²) in [6.45, 7) is 0.147. The molecule has 0 saturated heterocycles. The van der Waals surface area contributed by atoms with Crippen LogP contribution in [0.3, 0.4) is 0 Å². The molecule has 1 aromatic heterocycles. The van der Waals surface area contributed by atoms with Crippen molar-refractivity contribution >= 4 is 34.4 Å². The van der Waals surface area contributed by atoms with Gasteiger partial charge in [0.05, 0.1) is 11.2 Å². The molecule has 0 atom stereocenters. The highest BCUT2D eigenvalue weighted by Gasteiger charge is 2.44. The maximum Gasteiger partial charge on any atom is 0.347 e. The Balaban J connectivity index is 1.74. The first kappa shape index (κ1) is 19.6. The van der Waals surface area contributed by atoms with Crippen LogP contribution < -0.4 is 4.74 Å². The van der Waals surface area contributed by atoms with Crippen molar-refractivity contribution in [3.05, 3.63) is 70.9 Å². The SMILES string of the molecule is O=C(O)C(O)(Cc1cccc(OCc2ccc3ccc(Cl)cc3n2)c1)C(=O)O. The number of aromatic nitrogens is 1. The summed E-state index contributed by atoms with van der Waals surface area (Å²) in [5.74, 6) is -3.26. The summed E-state index contributed by atoms with van der Waals surface area (Å²) in [5, 5.41) is 29.4. The Bertz CT molecular complexity index is 1040. The van der Waals surface area contributed by atoms with Gasteiger partial charge in [-0.1, -0.05) is 35.9 Å². The highest BCUT2D eigenvalue weighted by molar-refractivity contribution is 6.31. The number of carboxylic acid groups (broad SMARTS) is 2. The Morgan fingerprint density at radius 2 is 1.75 bits per heavy atom. The molecular formula is C20H16ClNO6. The number of rotatable bonds is 7. The molecule has 0 fully saturated rings. The Kier molecular flexibility index (Phi) is 5.48. The third-order valence-corrected chi connectivity index (χ3v) is 4.40. The number of hydrogen-bond donors (Lipinski definition) is 3. The average Bonchev–Trinajstić information content (AvgIpc) is 2.66. The van der Waals surface area contributed by atoms with E-state index in [1.807, 2.05) is 18.2 Å². The quantitative estimate of drug-likeness (QED) is 0.521. The summed E-state index contributed by atoms with van der Waals surface area (Å²) >= 11 is 5.98. The average molecular weight is 402 g/mol. The molecule has 2 aromatic carbocycles. The zero-order chi connectivity index (χ0) is 20.3. The lowest BCUT2D eigenvalue weighted by Crippen LogP contribution is -2.48. The Labute approximate surface area is 164 Å². The van der Waals surface area contributed by atoms with Gasteiger partial charge in [0.1, 0.15) is 12.4 Å². The number of carbonyl (C=O) groups is 2. The molecule has 0 aliphatic rings. The Morgan fingerprint density at radius 1 is 1.04 bits per heavy atom. The van der Waals surface area contributed by atoms with Gasteiger partial charge in [-0.15, -0.1) is 0 Å². The maximum atomic E-state index is 11.1. The minimum absolute atomic E-state index is 0.147. The third kappa shape index (κ3) is 4.21. The second-order valence-corrected chi connectivity index (χ2v) is 6.66. The van der Waals surface area contributed by atoms with Gasteiger partial charge in [0.15, 0.2) is 0 Å². The van der Waals surface area contributed by atoms with E-state index >= 15 is 0 Å². The van der Waals surface area contributed by atoms with E-state index < -0.39 is 24.0 Å². The molecule has 144 valence electrons. The van der Waals surface area contributed by atoms with Crippen LogP contribution in [0.1, 0.15) is 11.3 Å². The summed E-state index contributed by atoms with van der Waals surface area (Å²) in [7, 11) is 0. The predicted molar refractivity (Wildman–Crippen MR) is 101 cm³/mol. The molecule has 0 aliphatic heterocycles. The van der Waals surface area contributed by atoms with Crippen molar-refractivity contribution in [2.45, 2.75) is 18.6 Å². The molecule has 0 radical (unpaired) electrons. The van der Waals surface area contributed by atoms with E-state index in [2.05, 4.69) is 4.98 Å². The van der Waals surface area contributed by atoms with Crippen LogP contribution >= 0.6 is 11.6 Å². The van der Waals surface area contributed by atoms with Crippen LogP contribution in [-0.2, 0) is 22.6 Å². The van der Waals surface area contributed by atoms with Crippen molar-refractivity contribution in [3.63, 3.8) is 0 Å². The molecule has 3 N–H and O–H groups in total. The molecule has 8 heteroatoms. The number of hydrogen-bond acceptors (Lipinski definition) is 5. The zero-order valence-corrected chi connectivity index (χ0v) is 15.3. The first-order valence-electron chi connectivity index (χ1n) is 8.24. The van der Waals surface area contributed by atoms with Gasteiger partial charge >= 0.3 is 11.9 Å². The fraction of sp³-hybridized carbons (Fsp3) is 0.150. The van der Waals surface area contributed by atoms with Crippen molar-refractivity contribution in [2.24, 2.45) is 0 Å². The summed E-state index contributed by atoms with van der Waals surface area (Å²) < 4.78 is 5.68. The largest absolute Gasteiger partial charge is 0.487 e. The van der Waals surface area contributed by atoms with E-state index in [-0.39, 0.29) is 6.61 Å². The van der Waals surface area contributed by atoms with Gasteiger partial charge in [-0.2, -0.15) is 0 Å².